The Kier molecular flexibility index (Phi) is 8.58. The van der Waals surface area contributed by atoms with Gasteiger partial charge in [0.15, 0.2) is 17.6 Å². The maximum atomic E-state index is 12.8. The maximum absolute atomic E-state index is 12.8. The number of ether oxygens (including phenoxy) is 1. The van der Waals surface area contributed by atoms with E-state index in [1.807, 2.05) is 54.6 Å². The summed E-state index contributed by atoms with van der Waals surface area (Å²) in [5.41, 5.74) is 7.50. The number of Topliss-reactive ketones (excluding diaryl/α,β-unsaturated/α-hetero) is 2. The molecule has 0 aliphatic heterocycles. The first-order chi connectivity index (χ1) is 16.4. The summed E-state index contributed by atoms with van der Waals surface area (Å²) in [6.45, 7) is 2.12. The first kappa shape index (κ1) is 25.9. The quantitative estimate of drug-likeness (QED) is 0.462. The molecule has 1 aliphatic carbocycles. The summed E-state index contributed by atoms with van der Waals surface area (Å²) in [5, 5.41) is 2.78. The molecule has 0 unspecified atom stereocenters. The van der Waals surface area contributed by atoms with Gasteiger partial charge < -0.3 is 28.2 Å². The van der Waals surface area contributed by atoms with E-state index in [0.717, 1.165) is 16.9 Å². The van der Waals surface area contributed by atoms with Crippen molar-refractivity contribution >= 4 is 17.5 Å². The van der Waals surface area contributed by atoms with Crippen LogP contribution in [0, 0.1) is 0 Å². The van der Waals surface area contributed by atoms with Crippen molar-refractivity contribution in [1.82, 2.24) is 5.32 Å². The van der Waals surface area contributed by atoms with E-state index >= 15 is 0 Å². The molecule has 1 atom stereocenters. The molecule has 0 saturated heterocycles. The second kappa shape index (κ2) is 11.6. The van der Waals surface area contributed by atoms with E-state index in [2.05, 4.69) is 11.1 Å². The molecule has 0 fully saturated rings. The minimum atomic E-state index is -0.543. The van der Waals surface area contributed by atoms with Crippen LogP contribution in [0.3, 0.4) is 0 Å². The molecule has 3 aromatic carbocycles. The molecule has 1 amide bonds. The summed E-state index contributed by atoms with van der Waals surface area (Å²) in [7, 11) is 0. The highest BCUT2D eigenvalue weighted by molar-refractivity contribution is 6.26. The van der Waals surface area contributed by atoms with E-state index in [1.54, 1.807) is 31.2 Å². The van der Waals surface area contributed by atoms with Crippen LogP contribution in [0.5, 0.6) is 5.75 Å². The average Bonchev–Trinajstić information content (AvgIpc) is 2.87. The van der Waals surface area contributed by atoms with Gasteiger partial charge >= 0.3 is 0 Å². The van der Waals surface area contributed by atoms with E-state index in [1.165, 1.54) is 0 Å². The number of allylic oxidation sites excluding steroid dienone is 1. The van der Waals surface area contributed by atoms with Crippen LogP contribution in [0.15, 0.2) is 90.0 Å². The summed E-state index contributed by atoms with van der Waals surface area (Å²) in [5.74, 6) is 0.0737. The lowest BCUT2D eigenvalue weighted by molar-refractivity contribution is -0.403. The second-order valence-electron chi connectivity index (χ2n) is 8.34. The van der Waals surface area contributed by atoms with E-state index in [9.17, 15) is 14.4 Å². The number of quaternary nitrogens is 1. The minimum Gasteiger partial charge on any atom is -1.00 e. The zero-order chi connectivity index (χ0) is 24.1. The van der Waals surface area contributed by atoms with Crippen molar-refractivity contribution in [2.45, 2.75) is 26.0 Å². The number of hydrogen-bond acceptors (Lipinski definition) is 4. The van der Waals surface area contributed by atoms with Gasteiger partial charge in [-0.1, -0.05) is 66.7 Å². The topological polar surface area (TPSA) is 100 Å². The SMILES string of the molecule is CC1=C(CNC(=O)[C@H]([NH3+])Cc2ccc(OCc3ccccc3)cc2)C(=O)c2ccccc2C1=O.[Cl-]. The molecular weight excluding hydrogens is 464 g/mol. The summed E-state index contributed by atoms with van der Waals surface area (Å²) in [6.07, 6.45) is 0.443. The standard InChI is InChI=1S/C28H26N2O4.ClH/c1-18-24(27(32)23-10-6-5-9-22(23)26(18)31)16-30-28(33)25(29)15-19-11-13-21(14-12-19)34-17-20-7-3-2-4-8-20;/h2-14,25H,15-17,29H2,1H3,(H,30,33);1H/t25-;/m1./s1. The zero-order valence-electron chi connectivity index (χ0n) is 19.4. The number of carbonyl (C=O) groups excluding carboxylic acids is 3. The molecule has 0 bridgehead atoms. The normalized spacial score (nSPS) is 13.5. The molecule has 7 heteroatoms. The van der Waals surface area contributed by atoms with E-state index in [0.29, 0.717) is 35.3 Å². The molecule has 6 nitrogen and oxygen atoms in total. The molecule has 0 radical (unpaired) electrons. The number of ketones is 2. The third-order valence-corrected chi connectivity index (χ3v) is 5.95. The summed E-state index contributed by atoms with van der Waals surface area (Å²) >= 11 is 0. The molecule has 0 saturated carbocycles. The van der Waals surface area contributed by atoms with E-state index in [4.69, 9.17) is 4.74 Å². The van der Waals surface area contributed by atoms with Gasteiger partial charge in [0.2, 0.25) is 0 Å². The van der Waals surface area contributed by atoms with Crippen LogP contribution in [0.4, 0.5) is 0 Å². The fraction of sp³-hybridized carbons (Fsp3) is 0.179. The predicted molar refractivity (Wildman–Crippen MR) is 128 cm³/mol. The Labute approximate surface area is 210 Å². The van der Waals surface area contributed by atoms with E-state index < -0.39 is 6.04 Å². The van der Waals surface area contributed by atoms with Gasteiger partial charge in [0.05, 0.1) is 0 Å². The van der Waals surface area contributed by atoms with Crippen LogP contribution in [-0.2, 0) is 17.8 Å². The zero-order valence-corrected chi connectivity index (χ0v) is 20.2. The van der Waals surface area contributed by atoms with Gasteiger partial charge in [-0.25, -0.2) is 0 Å². The smallest absolute Gasteiger partial charge is 0.278 e. The van der Waals surface area contributed by atoms with Gasteiger partial charge in [0.25, 0.3) is 5.91 Å². The highest BCUT2D eigenvalue weighted by atomic mass is 35.5. The van der Waals surface area contributed by atoms with Crippen LogP contribution >= 0.6 is 0 Å². The summed E-state index contributed by atoms with van der Waals surface area (Å²) in [4.78, 5) is 38.1. The minimum absolute atomic E-state index is 0. The number of nitrogens with one attached hydrogen (secondary N) is 1. The molecule has 1 aliphatic rings. The number of amides is 1. The van der Waals surface area contributed by atoms with Crippen molar-refractivity contribution in [3.05, 3.63) is 112 Å². The number of benzene rings is 3. The Bertz CT molecular complexity index is 1250. The van der Waals surface area contributed by atoms with Gasteiger partial charge in [-0.3, -0.25) is 14.4 Å². The van der Waals surface area contributed by atoms with Gasteiger partial charge in [0, 0.05) is 35.2 Å². The van der Waals surface area contributed by atoms with Crippen LogP contribution in [-0.4, -0.2) is 30.1 Å². The van der Waals surface area contributed by atoms with E-state index in [-0.39, 0.29) is 36.4 Å². The van der Waals surface area contributed by atoms with Crippen molar-refractivity contribution in [1.29, 1.82) is 0 Å². The van der Waals surface area contributed by atoms with Crippen molar-refractivity contribution in [2.24, 2.45) is 0 Å². The molecule has 0 aromatic heterocycles. The molecule has 3 aromatic rings. The number of halogens is 1. The maximum Gasteiger partial charge on any atom is 0.278 e. The van der Waals surface area contributed by atoms with Crippen molar-refractivity contribution in [3.8, 4) is 5.75 Å². The lowest BCUT2D eigenvalue weighted by atomic mass is 9.84. The Morgan fingerprint density at radius 1 is 0.857 bits per heavy atom. The summed E-state index contributed by atoms with van der Waals surface area (Å²) in [6, 6.07) is 23.7. The van der Waals surface area contributed by atoms with Crippen molar-refractivity contribution in [3.63, 3.8) is 0 Å². The number of carbonyl (C=O) groups is 3. The number of rotatable bonds is 8. The van der Waals surface area contributed by atoms with Crippen LogP contribution in [0.2, 0.25) is 0 Å². The largest absolute Gasteiger partial charge is 1.00 e. The average molecular weight is 491 g/mol. The summed E-state index contributed by atoms with van der Waals surface area (Å²) < 4.78 is 5.80. The molecule has 0 heterocycles. The monoisotopic (exact) mass is 490 g/mol. The number of hydrogen-bond donors (Lipinski definition) is 2. The van der Waals surface area contributed by atoms with Gasteiger partial charge in [0.1, 0.15) is 12.4 Å². The van der Waals surface area contributed by atoms with Gasteiger partial charge in [-0.05, 0) is 30.2 Å². The number of fused-ring (bicyclic) bond motifs is 1. The lowest BCUT2D eigenvalue weighted by Crippen LogP contribution is -3.00. The molecular formula is C28H27ClN2O4. The first-order valence-corrected chi connectivity index (χ1v) is 11.2. The lowest BCUT2D eigenvalue weighted by Gasteiger charge is -2.19. The molecule has 0 spiro atoms. The van der Waals surface area contributed by atoms with Crippen LogP contribution in [0.1, 0.15) is 38.8 Å². The van der Waals surface area contributed by atoms with Crippen molar-refractivity contribution in [2.75, 3.05) is 6.54 Å². The highest BCUT2D eigenvalue weighted by Crippen LogP contribution is 2.25. The molecule has 4 rings (SSSR count). The molecule has 35 heavy (non-hydrogen) atoms. The Morgan fingerprint density at radius 3 is 2.11 bits per heavy atom. The Morgan fingerprint density at radius 2 is 1.46 bits per heavy atom. The Hall–Kier alpha value is -3.74. The third kappa shape index (κ3) is 6.04. The first-order valence-electron chi connectivity index (χ1n) is 11.2. The van der Waals surface area contributed by atoms with Gasteiger partial charge in [-0.2, -0.15) is 0 Å². The fourth-order valence-corrected chi connectivity index (χ4v) is 3.92. The van der Waals surface area contributed by atoms with Crippen LogP contribution in [0.25, 0.3) is 0 Å². The molecule has 4 N–H and O–H groups in total. The van der Waals surface area contributed by atoms with Gasteiger partial charge in [-0.15, -0.1) is 0 Å². The molecule has 180 valence electrons. The Balaban J connectivity index is 0.00000342. The highest BCUT2D eigenvalue weighted by Gasteiger charge is 2.30. The van der Waals surface area contributed by atoms with Crippen molar-refractivity contribution < 1.29 is 37.3 Å². The third-order valence-electron chi connectivity index (χ3n) is 5.95. The second-order valence-corrected chi connectivity index (χ2v) is 8.34. The van der Waals surface area contributed by atoms with Crippen LogP contribution < -0.4 is 28.2 Å². The fourth-order valence-electron chi connectivity index (χ4n) is 3.92. The predicted octanol–water partition coefficient (Wildman–Crippen LogP) is -0.0655.